The molecule has 1 aromatic heterocycles. The van der Waals surface area contributed by atoms with Gasteiger partial charge in [-0.05, 0) is 42.5 Å². The van der Waals surface area contributed by atoms with Crippen molar-refractivity contribution in [3.8, 4) is 5.75 Å². The number of aliphatic hydroxyl groups excluding tert-OH is 1. The summed E-state index contributed by atoms with van der Waals surface area (Å²) in [7, 11) is 3.92. The number of nitrogens with zero attached hydrogens (tertiary/aromatic N) is 3. The van der Waals surface area contributed by atoms with Crippen LogP contribution in [0.4, 0.5) is 5.69 Å². The number of aliphatic hydroxyl groups is 1. The normalized spacial score (nSPS) is 19.2. The van der Waals surface area contributed by atoms with Crippen molar-refractivity contribution >= 4 is 22.5 Å². The second-order valence-electron chi connectivity index (χ2n) is 7.56. The number of amides is 1. The molecular weight excluding hydrogens is 366 g/mol. The zero-order chi connectivity index (χ0) is 20.4. The van der Waals surface area contributed by atoms with Gasteiger partial charge in [0, 0.05) is 56.0 Å². The first kappa shape index (κ1) is 19.2. The van der Waals surface area contributed by atoms with Crippen LogP contribution in [0, 0.1) is 0 Å². The number of piperidine rings is 1. The lowest BCUT2D eigenvalue weighted by Gasteiger charge is -2.36. The number of anilines is 1. The highest BCUT2D eigenvalue weighted by atomic mass is 16.5. The number of carbonyl (C=O) groups is 1. The van der Waals surface area contributed by atoms with Crippen LogP contribution in [0.25, 0.3) is 10.9 Å². The first-order valence-corrected chi connectivity index (χ1v) is 9.77. The van der Waals surface area contributed by atoms with Crippen molar-refractivity contribution in [2.24, 2.45) is 0 Å². The van der Waals surface area contributed by atoms with E-state index in [-0.39, 0.29) is 18.6 Å². The predicted octanol–water partition coefficient (Wildman–Crippen LogP) is 2.96. The standard InChI is InChI=1S/C23H25N3O3/c1-25(2)18-8-5-17(6-9-18)23(28)26-13-11-22(21(27)15-26)29-19-10-7-16-4-3-12-24-20(16)14-19/h3-10,12,14,21-22,27H,11,13,15H2,1-2H3/t21-,22-/m1/s1. The number of β-amino-alcohol motifs (C(OH)–C–C–N with tert-alkyl or cyclic N) is 1. The molecule has 0 radical (unpaired) electrons. The highest BCUT2D eigenvalue weighted by Gasteiger charge is 2.32. The highest BCUT2D eigenvalue weighted by molar-refractivity contribution is 5.94. The Morgan fingerprint density at radius 2 is 1.97 bits per heavy atom. The van der Waals surface area contributed by atoms with Gasteiger partial charge in [-0.15, -0.1) is 0 Å². The van der Waals surface area contributed by atoms with Crippen LogP contribution in [-0.2, 0) is 0 Å². The van der Waals surface area contributed by atoms with Gasteiger partial charge >= 0.3 is 0 Å². The zero-order valence-electron chi connectivity index (χ0n) is 16.7. The molecule has 1 amide bonds. The maximum Gasteiger partial charge on any atom is 0.253 e. The maximum atomic E-state index is 12.8. The van der Waals surface area contributed by atoms with Crippen LogP contribution >= 0.6 is 0 Å². The first-order valence-electron chi connectivity index (χ1n) is 9.77. The third-order valence-electron chi connectivity index (χ3n) is 5.30. The fraction of sp³-hybridized carbons (Fsp3) is 0.304. The van der Waals surface area contributed by atoms with Crippen molar-refractivity contribution in [3.63, 3.8) is 0 Å². The second-order valence-corrected chi connectivity index (χ2v) is 7.56. The van der Waals surface area contributed by atoms with E-state index in [0.717, 1.165) is 16.6 Å². The molecule has 1 saturated heterocycles. The number of aromatic nitrogens is 1. The molecule has 0 bridgehead atoms. The number of fused-ring (bicyclic) bond motifs is 1. The van der Waals surface area contributed by atoms with E-state index >= 15 is 0 Å². The maximum absolute atomic E-state index is 12.8. The van der Waals surface area contributed by atoms with Gasteiger partial charge < -0.3 is 19.6 Å². The van der Waals surface area contributed by atoms with Gasteiger partial charge in [0.25, 0.3) is 5.91 Å². The van der Waals surface area contributed by atoms with Gasteiger partial charge in [0.1, 0.15) is 18.0 Å². The zero-order valence-corrected chi connectivity index (χ0v) is 16.7. The Bertz CT molecular complexity index is 1000. The number of likely N-dealkylation sites (tertiary alicyclic amines) is 1. The molecule has 1 fully saturated rings. The molecule has 0 unspecified atom stereocenters. The lowest BCUT2D eigenvalue weighted by atomic mass is 10.0. The third kappa shape index (κ3) is 4.17. The fourth-order valence-electron chi connectivity index (χ4n) is 3.61. The lowest BCUT2D eigenvalue weighted by molar-refractivity contribution is -0.0198. The van der Waals surface area contributed by atoms with E-state index in [9.17, 15) is 9.90 Å². The molecule has 2 atom stereocenters. The molecule has 2 aromatic carbocycles. The van der Waals surface area contributed by atoms with Crippen LogP contribution in [-0.4, -0.2) is 60.3 Å². The number of hydrogen-bond donors (Lipinski definition) is 1. The monoisotopic (exact) mass is 391 g/mol. The van der Waals surface area contributed by atoms with Crippen LogP contribution in [0.1, 0.15) is 16.8 Å². The Morgan fingerprint density at radius 1 is 1.17 bits per heavy atom. The van der Waals surface area contributed by atoms with Gasteiger partial charge in [0.05, 0.1) is 12.1 Å². The summed E-state index contributed by atoms with van der Waals surface area (Å²) in [6.07, 6.45) is 1.23. The van der Waals surface area contributed by atoms with Gasteiger partial charge in [-0.1, -0.05) is 6.07 Å². The Kier molecular flexibility index (Phi) is 5.36. The molecule has 1 N–H and O–H groups in total. The van der Waals surface area contributed by atoms with Crippen molar-refractivity contribution in [2.75, 3.05) is 32.1 Å². The molecule has 0 aliphatic carbocycles. The predicted molar refractivity (Wildman–Crippen MR) is 113 cm³/mol. The molecule has 6 nitrogen and oxygen atoms in total. The summed E-state index contributed by atoms with van der Waals surface area (Å²) in [5, 5.41) is 11.6. The third-order valence-corrected chi connectivity index (χ3v) is 5.30. The summed E-state index contributed by atoms with van der Waals surface area (Å²) in [5.41, 5.74) is 2.52. The lowest BCUT2D eigenvalue weighted by Crippen LogP contribution is -2.51. The molecule has 0 spiro atoms. The minimum absolute atomic E-state index is 0.0669. The molecule has 1 aliphatic heterocycles. The summed E-state index contributed by atoms with van der Waals surface area (Å²) in [5.74, 6) is 0.613. The smallest absolute Gasteiger partial charge is 0.253 e. The van der Waals surface area contributed by atoms with Crippen LogP contribution in [0.3, 0.4) is 0 Å². The van der Waals surface area contributed by atoms with Crippen LogP contribution in [0.15, 0.2) is 60.8 Å². The number of rotatable bonds is 4. The molecule has 4 rings (SSSR count). The highest BCUT2D eigenvalue weighted by Crippen LogP contribution is 2.24. The number of ether oxygens (including phenoxy) is 1. The molecule has 3 aromatic rings. The quantitative estimate of drug-likeness (QED) is 0.741. The van der Waals surface area contributed by atoms with Gasteiger partial charge in [-0.3, -0.25) is 9.78 Å². The minimum Gasteiger partial charge on any atom is -0.488 e. The van der Waals surface area contributed by atoms with Crippen LogP contribution < -0.4 is 9.64 Å². The van der Waals surface area contributed by atoms with Gasteiger partial charge in [0.15, 0.2) is 0 Å². The fourth-order valence-corrected chi connectivity index (χ4v) is 3.61. The molecule has 6 heteroatoms. The molecule has 29 heavy (non-hydrogen) atoms. The number of benzene rings is 2. The molecule has 150 valence electrons. The summed E-state index contributed by atoms with van der Waals surface area (Å²) in [6, 6.07) is 17.1. The van der Waals surface area contributed by atoms with E-state index in [1.165, 1.54) is 0 Å². The SMILES string of the molecule is CN(C)c1ccc(C(=O)N2CC[C@@H](Oc3ccc4cccnc4c3)[C@H](O)C2)cc1. The van der Waals surface area contributed by atoms with Gasteiger partial charge in [0.2, 0.25) is 0 Å². The summed E-state index contributed by atoms with van der Waals surface area (Å²) in [4.78, 5) is 20.8. The summed E-state index contributed by atoms with van der Waals surface area (Å²) < 4.78 is 6.02. The topological polar surface area (TPSA) is 65.9 Å². The van der Waals surface area contributed by atoms with Crippen molar-refractivity contribution in [2.45, 2.75) is 18.6 Å². The van der Waals surface area contributed by atoms with Crippen molar-refractivity contribution < 1.29 is 14.6 Å². The van der Waals surface area contributed by atoms with E-state index in [2.05, 4.69) is 4.98 Å². The van der Waals surface area contributed by atoms with Crippen molar-refractivity contribution in [1.82, 2.24) is 9.88 Å². The van der Waals surface area contributed by atoms with Gasteiger partial charge in [-0.2, -0.15) is 0 Å². The van der Waals surface area contributed by atoms with Crippen molar-refractivity contribution in [1.29, 1.82) is 0 Å². The van der Waals surface area contributed by atoms with Crippen LogP contribution in [0.5, 0.6) is 5.75 Å². The summed E-state index contributed by atoms with van der Waals surface area (Å²) in [6.45, 7) is 0.798. The van der Waals surface area contributed by atoms with E-state index in [4.69, 9.17) is 4.74 Å². The van der Waals surface area contributed by atoms with E-state index in [0.29, 0.717) is 24.3 Å². The van der Waals surface area contributed by atoms with E-state index < -0.39 is 6.10 Å². The Balaban J connectivity index is 1.40. The minimum atomic E-state index is -0.742. The number of hydrogen-bond acceptors (Lipinski definition) is 5. The van der Waals surface area contributed by atoms with Crippen molar-refractivity contribution in [3.05, 3.63) is 66.4 Å². The van der Waals surface area contributed by atoms with Crippen LogP contribution in [0.2, 0.25) is 0 Å². The Hall–Kier alpha value is -3.12. The molecular formula is C23H25N3O3. The Labute approximate surface area is 170 Å². The summed E-state index contributed by atoms with van der Waals surface area (Å²) >= 11 is 0. The Morgan fingerprint density at radius 3 is 2.69 bits per heavy atom. The molecule has 0 saturated carbocycles. The number of carbonyl (C=O) groups excluding carboxylic acids is 1. The average Bonchev–Trinajstić information content (AvgIpc) is 2.74. The van der Waals surface area contributed by atoms with Gasteiger partial charge in [-0.25, -0.2) is 0 Å². The molecule has 2 heterocycles. The largest absolute Gasteiger partial charge is 0.488 e. The first-order chi connectivity index (χ1) is 14.0. The average molecular weight is 391 g/mol. The number of pyridine rings is 1. The van der Waals surface area contributed by atoms with E-state index in [1.54, 1.807) is 11.1 Å². The molecule has 1 aliphatic rings. The second kappa shape index (κ2) is 8.09. The van der Waals surface area contributed by atoms with E-state index in [1.807, 2.05) is 73.6 Å².